The smallest absolute Gasteiger partial charge is 0.148 e. The Balaban J connectivity index is 2.12. The van der Waals surface area contributed by atoms with E-state index in [2.05, 4.69) is 38.9 Å². The van der Waals surface area contributed by atoms with Gasteiger partial charge in [-0.15, -0.1) is 11.3 Å². The summed E-state index contributed by atoms with van der Waals surface area (Å²) >= 11 is 5.22. The van der Waals surface area contributed by atoms with E-state index in [1.54, 1.807) is 18.4 Å². The molecule has 18 heavy (non-hydrogen) atoms. The fourth-order valence-electron chi connectivity index (χ4n) is 1.81. The van der Waals surface area contributed by atoms with Gasteiger partial charge in [0.25, 0.3) is 0 Å². The second-order valence-electron chi connectivity index (χ2n) is 4.04. The number of aromatic amines is 1. The topological polar surface area (TPSA) is 37.9 Å². The van der Waals surface area contributed by atoms with Crippen LogP contribution in [0.15, 0.2) is 28.1 Å². The third-order valence-electron chi connectivity index (χ3n) is 2.78. The summed E-state index contributed by atoms with van der Waals surface area (Å²) in [4.78, 5) is 9.05. The molecular formula is C13H11BrN2OS. The van der Waals surface area contributed by atoms with Gasteiger partial charge in [-0.05, 0) is 46.6 Å². The predicted molar refractivity (Wildman–Crippen MR) is 78.4 cm³/mol. The maximum absolute atomic E-state index is 5.21. The Bertz CT molecular complexity index is 697. The van der Waals surface area contributed by atoms with Gasteiger partial charge in [0.1, 0.15) is 11.6 Å². The van der Waals surface area contributed by atoms with Crippen LogP contribution in [-0.2, 0) is 0 Å². The first-order valence-electron chi connectivity index (χ1n) is 5.47. The molecule has 0 aliphatic heterocycles. The van der Waals surface area contributed by atoms with Crippen LogP contribution in [0.2, 0.25) is 0 Å². The number of hydrogen-bond acceptors (Lipinski definition) is 3. The minimum Gasteiger partial charge on any atom is -0.497 e. The number of nitrogens with one attached hydrogen (secondary N) is 1. The van der Waals surface area contributed by atoms with E-state index in [-0.39, 0.29) is 0 Å². The number of imidazole rings is 1. The Morgan fingerprint density at radius 1 is 1.33 bits per heavy atom. The van der Waals surface area contributed by atoms with Crippen molar-refractivity contribution < 1.29 is 4.74 Å². The molecule has 3 aromatic rings. The van der Waals surface area contributed by atoms with Gasteiger partial charge in [0.15, 0.2) is 0 Å². The number of benzene rings is 1. The van der Waals surface area contributed by atoms with Crippen molar-refractivity contribution in [3.8, 4) is 16.5 Å². The molecular weight excluding hydrogens is 312 g/mol. The van der Waals surface area contributed by atoms with Gasteiger partial charge in [0.2, 0.25) is 0 Å². The second-order valence-corrected chi connectivity index (χ2v) is 6.41. The largest absolute Gasteiger partial charge is 0.497 e. The molecule has 2 heterocycles. The summed E-state index contributed by atoms with van der Waals surface area (Å²) < 4.78 is 6.36. The molecule has 0 radical (unpaired) electrons. The zero-order valence-electron chi connectivity index (χ0n) is 9.95. The molecule has 5 heteroatoms. The Morgan fingerprint density at radius 3 is 2.83 bits per heavy atom. The molecule has 0 saturated heterocycles. The summed E-state index contributed by atoms with van der Waals surface area (Å²) in [5.41, 5.74) is 3.17. The van der Waals surface area contributed by atoms with Gasteiger partial charge in [-0.2, -0.15) is 0 Å². The van der Waals surface area contributed by atoms with Gasteiger partial charge in [-0.25, -0.2) is 4.98 Å². The van der Waals surface area contributed by atoms with E-state index in [1.807, 2.05) is 18.2 Å². The summed E-state index contributed by atoms with van der Waals surface area (Å²) in [5.74, 6) is 1.73. The van der Waals surface area contributed by atoms with Crippen LogP contribution < -0.4 is 4.74 Å². The highest BCUT2D eigenvalue weighted by atomic mass is 79.9. The molecule has 1 aromatic carbocycles. The number of methoxy groups -OCH3 is 1. The minimum atomic E-state index is 0.834. The van der Waals surface area contributed by atoms with Crippen molar-refractivity contribution in [2.75, 3.05) is 7.11 Å². The molecule has 0 bridgehead atoms. The lowest BCUT2D eigenvalue weighted by molar-refractivity contribution is 0.415. The lowest BCUT2D eigenvalue weighted by Crippen LogP contribution is -1.81. The van der Waals surface area contributed by atoms with Crippen molar-refractivity contribution in [2.45, 2.75) is 6.92 Å². The molecule has 0 amide bonds. The Kier molecular flexibility index (Phi) is 2.87. The van der Waals surface area contributed by atoms with E-state index >= 15 is 0 Å². The van der Waals surface area contributed by atoms with Gasteiger partial charge < -0.3 is 9.72 Å². The van der Waals surface area contributed by atoms with E-state index in [4.69, 9.17) is 4.74 Å². The standard InChI is InChI=1S/C13H11BrN2OS/c1-7-5-11(18-12(7)14)13-15-9-4-3-8(17-2)6-10(9)16-13/h3-6H,1-2H3,(H,15,16). The maximum atomic E-state index is 5.21. The van der Waals surface area contributed by atoms with E-state index in [9.17, 15) is 0 Å². The molecule has 3 nitrogen and oxygen atoms in total. The van der Waals surface area contributed by atoms with Crippen LogP contribution in [0.4, 0.5) is 0 Å². The van der Waals surface area contributed by atoms with Gasteiger partial charge in [-0.1, -0.05) is 0 Å². The van der Waals surface area contributed by atoms with Crippen molar-refractivity contribution >= 4 is 38.3 Å². The number of aryl methyl sites for hydroxylation is 1. The second kappa shape index (κ2) is 4.40. The lowest BCUT2D eigenvalue weighted by atomic mass is 10.3. The summed E-state index contributed by atoms with van der Waals surface area (Å²) in [7, 11) is 1.66. The van der Waals surface area contributed by atoms with Gasteiger partial charge in [0, 0.05) is 6.07 Å². The number of ether oxygens (including phenoxy) is 1. The molecule has 1 N–H and O–H groups in total. The quantitative estimate of drug-likeness (QED) is 0.760. The number of H-pyrrole nitrogens is 1. The van der Waals surface area contributed by atoms with Crippen LogP contribution in [0.25, 0.3) is 21.7 Å². The summed E-state index contributed by atoms with van der Waals surface area (Å²) in [6.07, 6.45) is 0. The third kappa shape index (κ3) is 1.93. The fraction of sp³-hybridized carbons (Fsp3) is 0.154. The molecule has 0 aliphatic carbocycles. The highest BCUT2D eigenvalue weighted by Gasteiger charge is 2.10. The van der Waals surface area contributed by atoms with Crippen molar-refractivity contribution in [2.24, 2.45) is 0 Å². The molecule has 0 unspecified atom stereocenters. The summed E-state index contributed by atoms with van der Waals surface area (Å²) in [6.45, 7) is 2.08. The zero-order chi connectivity index (χ0) is 12.7. The number of nitrogens with zero attached hydrogens (tertiary/aromatic N) is 1. The number of rotatable bonds is 2. The third-order valence-corrected chi connectivity index (χ3v) is 4.92. The first kappa shape index (κ1) is 11.7. The average Bonchev–Trinajstić information content (AvgIpc) is 2.92. The lowest BCUT2D eigenvalue weighted by Gasteiger charge is -1.96. The molecule has 3 rings (SSSR count). The molecule has 2 aromatic heterocycles. The van der Waals surface area contributed by atoms with E-state index in [1.165, 1.54) is 5.56 Å². The van der Waals surface area contributed by atoms with Crippen LogP contribution in [0.5, 0.6) is 5.75 Å². The Hall–Kier alpha value is -1.33. The molecule has 92 valence electrons. The highest BCUT2D eigenvalue weighted by Crippen LogP contribution is 2.34. The van der Waals surface area contributed by atoms with Crippen LogP contribution in [0.3, 0.4) is 0 Å². The SMILES string of the molecule is COc1ccc2nc(-c3cc(C)c(Br)s3)[nH]c2c1. The molecule has 0 aliphatic rings. The molecule has 0 saturated carbocycles. The van der Waals surface area contributed by atoms with E-state index < -0.39 is 0 Å². The fourth-order valence-corrected chi connectivity index (χ4v) is 3.29. The number of hydrogen-bond donors (Lipinski definition) is 1. The number of fused-ring (bicyclic) bond motifs is 1. The van der Waals surface area contributed by atoms with Crippen LogP contribution in [-0.4, -0.2) is 17.1 Å². The number of aromatic nitrogens is 2. The van der Waals surface area contributed by atoms with Crippen molar-refractivity contribution in [3.63, 3.8) is 0 Å². The van der Waals surface area contributed by atoms with E-state index in [0.717, 1.165) is 31.3 Å². The van der Waals surface area contributed by atoms with Gasteiger partial charge in [0.05, 0.1) is 26.8 Å². The number of thiophene rings is 1. The maximum Gasteiger partial charge on any atom is 0.148 e. The zero-order valence-corrected chi connectivity index (χ0v) is 12.4. The molecule has 0 atom stereocenters. The van der Waals surface area contributed by atoms with Crippen molar-refractivity contribution in [1.29, 1.82) is 0 Å². The summed E-state index contributed by atoms with van der Waals surface area (Å²) in [5, 5.41) is 0. The van der Waals surface area contributed by atoms with Gasteiger partial charge >= 0.3 is 0 Å². The van der Waals surface area contributed by atoms with E-state index in [0.29, 0.717) is 0 Å². The van der Waals surface area contributed by atoms with Crippen molar-refractivity contribution in [1.82, 2.24) is 9.97 Å². The molecule has 0 spiro atoms. The van der Waals surface area contributed by atoms with Crippen LogP contribution in [0, 0.1) is 6.92 Å². The minimum absolute atomic E-state index is 0.834. The van der Waals surface area contributed by atoms with Crippen LogP contribution >= 0.6 is 27.3 Å². The normalized spacial score (nSPS) is 11.1. The van der Waals surface area contributed by atoms with Crippen LogP contribution in [0.1, 0.15) is 5.56 Å². The monoisotopic (exact) mass is 322 g/mol. The average molecular weight is 323 g/mol. The number of halogens is 1. The van der Waals surface area contributed by atoms with Crippen molar-refractivity contribution in [3.05, 3.63) is 33.6 Å². The summed E-state index contributed by atoms with van der Waals surface area (Å²) in [6, 6.07) is 7.97. The molecule has 0 fully saturated rings. The highest BCUT2D eigenvalue weighted by molar-refractivity contribution is 9.11. The Morgan fingerprint density at radius 2 is 2.17 bits per heavy atom. The first-order valence-corrected chi connectivity index (χ1v) is 7.08. The Labute approximate surface area is 117 Å². The predicted octanol–water partition coefficient (Wildman–Crippen LogP) is 4.37. The van der Waals surface area contributed by atoms with Gasteiger partial charge in [-0.3, -0.25) is 0 Å². The first-order chi connectivity index (χ1) is 8.67.